The summed E-state index contributed by atoms with van der Waals surface area (Å²) in [5, 5.41) is 3.66. The molecular formula is C15H18Cl2N4. The summed E-state index contributed by atoms with van der Waals surface area (Å²) in [7, 11) is 0. The molecule has 21 heavy (non-hydrogen) atoms. The first-order chi connectivity index (χ1) is 9.60. The van der Waals surface area contributed by atoms with Crippen LogP contribution in [0.5, 0.6) is 0 Å². The van der Waals surface area contributed by atoms with Gasteiger partial charge in [0.2, 0.25) is 0 Å². The van der Waals surface area contributed by atoms with Gasteiger partial charge in [0.05, 0.1) is 16.9 Å². The quantitative estimate of drug-likeness (QED) is 0.810. The molecule has 2 heterocycles. The van der Waals surface area contributed by atoms with Crippen LogP contribution in [-0.4, -0.2) is 9.97 Å². The molecule has 6 heteroatoms. The molecule has 0 saturated carbocycles. The van der Waals surface area contributed by atoms with Gasteiger partial charge in [-0.3, -0.25) is 4.98 Å². The molecule has 1 atom stereocenters. The Labute approximate surface area is 135 Å². The van der Waals surface area contributed by atoms with E-state index in [1.54, 1.807) is 18.5 Å². The van der Waals surface area contributed by atoms with Gasteiger partial charge in [0.25, 0.3) is 0 Å². The van der Waals surface area contributed by atoms with E-state index in [-0.39, 0.29) is 18.4 Å². The molecule has 0 aliphatic heterocycles. The van der Waals surface area contributed by atoms with E-state index in [9.17, 15) is 0 Å². The lowest BCUT2D eigenvalue weighted by atomic mass is 10.1. The van der Waals surface area contributed by atoms with Crippen molar-refractivity contribution in [2.24, 2.45) is 5.73 Å². The van der Waals surface area contributed by atoms with Gasteiger partial charge in [0.15, 0.2) is 0 Å². The molecule has 0 unspecified atom stereocenters. The summed E-state index contributed by atoms with van der Waals surface area (Å²) in [5.41, 5.74) is 8.68. The van der Waals surface area contributed by atoms with E-state index in [0.717, 1.165) is 16.9 Å². The Morgan fingerprint density at radius 3 is 2.71 bits per heavy atom. The summed E-state index contributed by atoms with van der Waals surface area (Å²) >= 11 is 6.23. The van der Waals surface area contributed by atoms with E-state index >= 15 is 0 Å². The lowest BCUT2D eigenvalue weighted by Crippen LogP contribution is -2.09. The predicted octanol–water partition coefficient (Wildman–Crippen LogP) is 4.18. The lowest BCUT2D eigenvalue weighted by Gasteiger charge is -2.12. The van der Waals surface area contributed by atoms with Gasteiger partial charge in [-0.15, -0.1) is 19.0 Å². The minimum Gasteiger partial charge on any atom is -0.338 e. The zero-order valence-electron chi connectivity index (χ0n) is 11.7. The molecule has 2 rings (SSSR count). The number of halogens is 2. The van der Waals surface area contributed by atoms with E-state index in [2.05, 4.69) is 21.9 Å². The fraction of sp³-hybridized carbons (Fsp3) is 0.200. The van der Waals surface area contributed by atoms with E-state index < -0.39 is 0 Å². The number of hydrogen-bond acceptors (Lipinski definition) is 4. The van der Waals surface area contributed by atoms with Crippen molar-refractivity contribution in [3.63, 3.8) is 0 Å². The summed E-state index contributed by atoms with van der Waals surface area (Å²) < 4.78 is 0. The van der Waals surface area contributed by atoms with Gasteiger partial charge in [-0.05, 0) is 37.1 Å². The van der Waals surface area contributed by atoms with E-state index in [1.807, 2.05) is 25.1 Å². The molecule has 0 aliphatic carbocycles. The zero-order chi connectivity index (χ0) is 14.5. The number of pyridine rings is 2. The molecule has 4 nitrogen and oxygen atoms in total. The summed E-state index contributed by atoms with van der Waals surface area (Å²) in [6, 6.07) is 5.54. The first-order valence-electron chi connectivity index (χ1n) is 6.31. The van der Waals surface area contributed by atoms with E-state index in [4.69, 9.17) is 17.3 Å². The third kappa shape index (κ3) is 4.70. The Morgan fingerprint density at radius 2 is 2.14 bits per heavy atom. The van der Waals surface area contributed by atoms with Gasteiger partial charge in [0.1, 0.15) is 5.82 Å². The smallest absolute Gasteiger partial charge is 0.149 e. The van der Waals surface area contributed by atoms with Crippen molar-refractivity contribution in [1.29, 1.82) is 0 Å². The highest BCUT2D eigenvalue weighted by Crippen LogP contribution is 2.26. The van der Waals surface area contributed by atoms with Crippen molar-refractivity contribution in [3.05, 3.63) is 59.5 Å². The number of rotatable bonds is 5. The van der Waals surface area contributed by atoms with Crippen molar-refractivity contribution in [2.45, 2.75) is 19.4 Å². The average molecular weight is 325 g/mol. The van der Waals surface area contributed by atoms with E-state index in [0.29, 0.717) is 17.3 Å². The van der Waals surface area contributed by atoms with Crippen LogP contribution in [0.15, 0.2) is 43.2 Å². The van der Waals surface area contributed by atoms with Crippen LogP contribution in [0.1, 0.15) is 23.7 Å². The fourth-order valence-electron chi connectivity index (χ4n) is 1.74. The Bertz CT molecular complexity index is 599. The van der Waals surface area contributed by atoms with Gasteiger partial charge in [-0.2, -0.15) is 0 Å². The third-order valence-electron chi connectivity index (χ3n) is 2.89. The Hall–Kier alpha value is -1.62. The van der Waals surface area contributed by atoms with Crippen molar-refractivity contribution < 1.29 is 0 Å². The van der Waals surface area contributed by atoms with Crippen LogP contribution < -0.4 is 11.1 Å². The van der Waals surface area contributed by atoms with Crippen LogP contribution in [0, 0.1) is 6.92 Å². The maximum absolute atomic E-state index is 6.23. The third-order valence-corrected chi connectivity index (χ3v) is 3.17. The van der Waals surface area contributed by atoms with Crippen molar-refractivity contribution >= 4 is 35.5 Å². The molecule has 0 bridgehead atoms. The van der Waals surface area contributed by atoms with Crippen molar-refractivity contribution in [1.82, 2.24) is 9.97 Å². The van der Waals surface area contributed by atoms with Crippen LogP contribution in [0.3, 0.4) is 0 Å². The first-order valence-corrected chi connectivity index (χ1v) is 6.69. The minimum absolute atomic E-state index is 0. The second-order valence-corrected chi connectivity index (χ2v) is 4.95. The summed E-state index contributed by atoms with van der Waals surface area (Å²) in [6.07, 6.45) is 5.93. The van der Waals surface area contributed by atoms with Gasteiger partial charge in [-0.1, -0.05) is 17.7 Å². The van der Waals surface area contributed by atoms with E-state index in [1.165, 1.54) is 0 Å². The molecule has 0 amide bonds. The van der Waals surface area contributed by atoms with Gasteiger partial charge >= 0.3 is 0 Å². The summed E-state index contributed by atoms with van der Waals surface area (Å²) in [6.45, 7) is 5.61. The SMILES string of the molecule is C=CC[C@@H](N)c1cnc(Nc2ccc(C)nc2)c(Cl)c1.Cl. The zero-order valence-corrected chi connectivity index (χ0v) is 13.3. The minimum atomic E-state index is -0.132. The van der Waals surface area contributed by atoms with Crippen molar-refractivity contribution in [2.75, 3.05) is 5.32 Å². The molecule has 0 radical (unpaired) electrons. The first kappa shape index (κ1) is 17.4. The van der Waals surface area contributed by atoms with Crippen molar-refractivity contribution in [3.8, 4) is 0 Å². The number of nitrogens with two attached hydrogens (primary N) is 1. The lowest BCUT2D eigenvalue weighted by molar-refractivity contribution is 0.738. The van der Waals surface area contributed by atoms with Crippen LogP contribution in [0.25, 0.3) is 0 Å². The fourth-order valence-corrected chi connectivity index (χ4v) is 1.96. The largest absolute Gasteiger partial charge is 0.338 e. The molecular weight excluding hydrogens is 307 g/mol. The number of aromatic nitrogens is 2. The molecule has 0 aliphatic rings. The Balaban J connectivity index is 0.00000220. The second-order valence-electron chi connectivity index (χ2n) is 4.54. The standard InChI is InChI=1S/C15H17ClN4.ClH/c1-3-4-14(17)11-7-13(16)15(19-8-11)20-12-6-5-10(2)18-9-12;/h3,5-9,14H,1,4,17H2,2H3,(H,19,20);1H/t14-;/m1./s1. The molecule has 0 aromatic carbocycles. The number of nitrogens with one attached hydrogen (secondary N) is 1. The van der Waals surface area contributed by atoms with Gasteiger partial charge < -0.3 is 11.1 Å². The number of anilines is 2. The predicted molar refractivity (Wildman–Crippen MR) is 90.5 cm³/mol. The molecule has 2 aromatic heterocycles. The highest BCUT2D eigenvalue weighted by molar-refractivity contribution is 6.33. The van der Waals surface area contributed by atoms with Crippen LogP contribution in [0.2, 0.25) is 5.02 Å². The van der Waals surface area contributed by atoms with Crippen LogP contribution in [0.4, 0.5) is 11.5 Å². The molecule has 3 N–H and O–H groups in total. The Morgan fingerprint density at radius 1 is 1.38 bits per heavy atom. The molecule has 0 saturated heterocycles. The highest BCUT2D eigenvalue weighted by atomic mass is 35.5. The molecule has 2 aromatic rings. The normalized spacial score (nSPS) is 11.4. The highest BCUT2D eigenvalue weighted by Gasteiger charge is 2.09. The number of hydrogen-bond donors (Lipinski definition) is 2. The van der Waals surface area contributed by atoms with Crippen LogP contribution >= 0.6 is 24.0 Å². The van der Waals surface area contributed by atoms with Crippen LogP contribution in [-0.2, 0) is 0 Å². The average Bonchev–Trinajstić information content (AvgIpc) is 2.43. The van der Waals surface area contributed by atoms with Gasteiger partial charge in [-0.25, -0.2) is 4.98 Å². The number of aryl methyl sites for hydroxylation is 1. The van der Waals surface area contributed by atoms with Gasteiger partial charge in [0, 0.05) is 17.9 Å². The number of nitrogens with zero attached hydrogens (tertiary/aromatic N) is 2. The maximum atomic E-state index is 6.23. The summed E-state index contributed by atoms with van der Waals surface area (Å²) in [5.74, 6) is 0.590. The molecule has 0 fully saturated rings. The molecule has 112 valence electrons. The summed E-state index contributed by atoms with van der Waals surface area (Å²) in [4.78, 5) is 8.52. The Kier molecular flexibility index (Phi) is 6.62. The molecule has 0 spiro atoms. The monoisotopic (exact) mass is 324 g/mol. The topological polar surface area (TPSA) is 63.8 Å². The second kappa shape index (κ2) is 7.98. The maximum Gasteiger partial charge on any atom is 0.149 e.